The molecular formula is C24H27N3O4. The van der Waals surface area contributed by atoms with Crippen LogP contribution in [0.2, 0.25) is 0 Å². The quantitative estimate of drug-likeness (QED) is 0.338. The lowest BCUT2D eigenvalue weighted by molar-refractivity contribution is 0.121. The molecule has 0 radical (unpaired) electrons. The first-order valence-electron chi connectivity index (χ1n) is 10.5. The van der Waals surface area contributed by atoms with Gasteiger partial charge in [-0.2, -0.15) is 0 Å². The molecule has 1 aliphatic heterocycles. The predicted octanol–water partition coefficient (Wildman–Crippen LogP) is 5.15. The van der Waals surface area contributed by atoms with Gasteiger partial charge in [0, 0.05) is 17.4 Å². The summed E-state index contributed by atoms with van der Waals surface area (Å²) in [6.45, 7) is 5.15. The van der Waals surface area contributed by atoms with Crippen LogP contribution in [0.3, 0.4) is 0 Å². The molecule has 7 heteroatoms. The van der Waals surface area contributed by atoms with Gasteiger partial charge >= 0.3 is 6.16 Å². The number of fused-ring (bicyclic) bond motifs is 1. The summed E-state index contributed by atoms with van der Waals surface area (Å²) in [6, 6.07) is 13.3. The second-order valence-corrected chi connectivity index (χ2v) is 7.81. The summed E-state index contributed by atoms with van der Waals surface area (Å²) in [5.41, 5.74) is 4.04. The normalized spacial score (nSPS) is 15.2. The number of ether oxygens (including phenoxy) is 2. The smallest absolute Gasteiger partial charge is 0.494 e. The Morgan fingerprint density at radius 3 is 2.58 bits per heavy atom. The third-order valence-corrected chi connectivity index (χ3v) is 5.57. The molecule has 1 aromatic heterocycles. The Hall–Kier alpha value is -3.32. The highest BCUT2D eigenvalue weighted by molar-refractivity contribution is 6.13. The SMILES string of the molecule is COC(=O)Oc1ccc2[nH]c(O)c(C(C)=Nc3ccc(CN4CCCCC4)cc3)c2c1. The first-order chi connectivity index (χ1) is 15.0. The van der Waals surface area contributed by atoms with E-state index in [0.29, 0.717) is 22.4 Å². The number of aromatic nitrogens is 1. The van der Waals surface area contributed by atoms with Crippen molar-refractivity contribution >= 4 is 28.5 Å². The second-order valence-electron chi connectivity index (χ2n) is 7.81. The topological polar surface area (TPSA) is 87.1 Å². The molecular weight excluding hydrogens is 394 g/mol. The van der Waals surface area contributed by atoms with E-state index in [-0.39, 0.29) is 5.88 Å². The van der Waals surface area contributed by atoms with Gasteiger partial charge < -0.3 is 19.6 Å². The number of aliphatic imine (C=N–C) groups is 1. The fraction of sp³-hybridized carbons (Fsp3) is 0.333. The summed E-state index contributed by atoms with van der Waals surface area (Å²) >= 11 is 0. The first-order valence-corrected chi connectivity index (χ1v) is 10.5. The zero-order valence-corrected chi connectivity index (χ0v) is 17.9. The van der Waals surface area contributed by atoms with Crippen molar-refractivity contribution in [2.24, 2.45) is 4.99 Å². The molecule has 2 heterocycles. The third kappa shape index (κ3) is 4.88. The molecule has 7 nitrogen and oxygen atoms in total. The van der Waals surface area contributed by atoms with E-state index in [2.05, 4.69) is 26.8 Å². The molecule has 0 amide bonds. The van der Waals surface area contributed by atoms with E-state index in [0.717, 1.165) is 17.7 Å². The van der Waals surface area contributed by atoms with Crippen LogP contribution in [0.25, 0.3) is 10.9 Å². The number of carbonyl (C=O) groups is 1. The maximum atomic E-state index is 11.4. The number of carbonyl (C=O) groups excluding carboxylic acids is 1. The van der Waals surface area contributed by atoms with Crippen molar-refractivity contribution in [3.8, 4) is 11.6 Å². The molecule has 2 N–H and O–H groups in total. The minimum Gasteiger partial charge on any atom is -0.494 e. The lowest BCUT2D eigenvalue weighted by atomic mass is 10.1. The number of hydrogen-bond donors (Lipinski definition) is 2. The van der Waals surface area contributed by atoms with Gasteiger partial charge in [0.25, 0.3) is 0 Å². The predicted molar refractivity (Wildman–Crippen MR) is 120 cm³/mol. The van der Waals surface area contributed by atoms with Gasteiger partial charge in [0.05, 0.1) is 24.1 Å². The first kappa shape index (κ1) is 20.9. The van der Waals surface area contributed by atoms with Gasteiger partial charge in [0.2, 0.25) is 0 Å². The molecule has 162 valence electrons. The molecule has 0 spiro atoms. The van der Waals surface area contributed by atoms with Crippen LogP contribution in [0.15, 0.2) is 47.5 Å². The van der Waals surface area contributed by atoms with Gasteiger partial charge in [-0.3, -0.25) is 9.89 Å². The van der Waals surface area contributed by atoms with E-state index in [1.165, 1.54) is 45.0 Å². The number of benzene rings is 2. The van der Waals surface area contributed by atoms with Crippen molar-refractivity contribution in [2.75, 3.05) is 20.2 Å². The largest absolute Gasteiger partial charge is 0.513 e. The minimum absolute atomic E-state index is 0.0215. The van der Waals surface area contributed by atoms with Gasteiger partial charge in [0.1, 0.15) is 5.75 Å². The summed E-state index contributed by atoms with van der Waals surface area (Å²) in [5, 5.41) is 11.2. The number of likely N-dealkylation sites (tertiary alicyclic amines) is 1. The molecule has 4 rings (SSSR count). The van der Waals surface area contributed by atoms with Crippen molar-refractivity contribution < 1.29 is 19.4 Å². The second kappa shape index (κ2) is 9.22. The van der Waals surface area contributed by atoms with Gasteiger partial charge in [0.15, 0.2) is 5.88 Å². The Morgan fingerprint density at radius 2 is 1.87 bits per heavy atom. The highest BCUT2D eigenvalue weighted by atomic mass is 16.7. The number of methoxy groups -OCH3 is 1. The summed E-state index contributed by atoms with van der Waals surface area (Å²) in [4.78, 5) is 21.5. The average molecular weight is 421 g/mol. The van der Waals surface area contributed by atoms with Crippen molar-refractivity contribution in [3.63, 3.8) is 0 Å². The highest BCUT2D eigenvalue weighted by Gasteiger charge is 2.16. The van der Waals surface area contributed by atoms with Crippen LogP contribution in [-0.2, 0) is 11.3 Å². The van der Waals surface area contributed by atoms with Crippen LogP contribution in [0.5, 0.6) is 11.6 Å². The number of hydrogen-bond acceptors (Lipinski definition) is 6. The molecule has 0 aliphatic carbocycles. The van der Waals surface area contributed by atoms with Crippen LogP contribution in [0.4, 0.5) is 10.5 Å². The maximum absolute atomic E-state index is 11.4. The van der Waals surface area contributed by atoms with E-state index in [1.807, 2.05) is 19.1 Å². The molecule has 0 atom stereocenters. The van der Waals surface area contributed by atoms with E-state index >= 15 is 0 Å². The summed E-state index contributed by atoms with van der Waals surface area (Å²) in [7, 11) is 1.25. The maximum Gasteiger partial charge on any atom is 0.513 e. The van der Waals surface area contributed by atoms with Crippen molar-refractivity contribution in [2.45, 2.75) is 32.7 Å². The van der Waals surface area contributed by atoms with Crippen LogP contribution < -0.4 is 4.74 Å². The standard InChI is InChI=1S/C24H27N3O4/c1-16(25-18-8-6-17(7-9-18)15-27-12-4-3-5-13-27)22-20-14-19(31-24(29)30-2)10-11-21(20)26-23(22)28/h6-11,14,26,28H,3-5,12-13,15H2,1-2H3. The molecule has 1 saturated heterocycles. The Morgan fingerprint density at radius 1 is 1.13 bits per heavy atom. The number of piperidine rings is 1. The third-order valence-electron chi connectivity index (χ3n) is 5.57. The van der Waals surface area contributed by atoms with Gasteiger partial charge in [-0.15, -0.1) is 0 Å². The Kier molecular flexibility index (Phi) is 6.23. The van der Waals surface area contributed by atoms with Crippen LogP contribution in [0, 0.1) is 0 Å². The summed E-state index contributed by atoms with van der Waals surface area (Å²) < 4.78 is 9.65. The molecule has 1 fully saturated rings. The zero-order valence-electron chi connectivity index (χ0n) is 17.9. The van der Waals surface area contributed by atoms with Crippen molar-refractivity contribution in [3.05, 3.63) is 53.6 Å². The van der Waals surface area contributed by atoms with Crippen molar-refractivity contribution in [1.82, 2.24) is 9.88 Å². The summed E-state index contributed by atoms with van der Waals surface area (Å²) in [6.07, 6.45) is 3.10. The van der Waals surface area contributed by atoms with E-state index in [4.69, 9.17) is 9.73 Å². The lowest BCUT2D eigenvalue weighted by Crippen LogP contribution is -2.28. The van der Waals surface area contributed by atoms with Crippen molar-refractivity contribution in [1.29, 1.82) is 0 Å². The number of nitrogens with one attached hydrogen (secondary N) is 1. The molecule has 2 aromatic carbocycles. The van der Waals surface area contributed by atoms with E-state index < -0.39 is 6.16 Å². The molecule has 0 saturated carbocycles. The fourth-order valence-electron chi connectivity index (χ4n) is 4.03. The number of H-pyrrole nitrogens is 1. The molecule has 3 aromatic rings. The van der Waals surface area contributed by atoms with Gasteiger partial charge in [-0.25, -0.2) is 4.79 Å². The van der Waals surface area contributed by atoms with Gasteiger partial charge in [-0.05, 0) is 68.8 Å². The molecule has 0 unspecified atom stereocenters. The Bertz CT molecular complexity index is 1100. The highest BCUT2D eigenvalue weighted by Crippen LogP contribution is 2.32. The molecule has 31 heavy (non-hydrogen) atoms. The van der Waals surface area contributed by atoms with Crippen LogP contribution in [-0.4, -0.2) is 47.1 Å². The Balaban J connectivity index is 1.56. The number of rotatable bonds is 5. The fourth-order valence-corrected chi connectivity index (χ4v) is 4.03. The average Bonchev–Trinajstić information content (AvgIpc) is 3.11. The van der Waals surface area contributed by atoms with E-state index in [1.54, 1.807) is 18.2 Å². The Labute approximate surface area is 181 Å². The lowest BCUT2D eigenvalue weighted by Gasteiger charge is -2.26. The van der Waals surface area contributed by atoms with Crippen LogP contribution >= 0.6 is 0 Å². The van der Waals surface area contributed by atoms with E-state index in [9.17, 15) is 9.90 Å². The minimum atomic E-state index is -0.796. The number of aromatic hydroxyl groups is 1. The monoisotopic (exact) mass is 421 g/mol. The van der Waals surface area contributed by atoms with Crippen LogP contribution in [0.1, 0.15) is 37.3 Å². The molecule has 0 bridgehead atoms. The number of nitrogens with zero attached hydrogens (tertiary/aromatic N) is 2. The zero-order chi connectivity index (χ0) is 21.8. The molecule has 1 aliphatic rings. The van der Waals surface area contributed by atoms with Gasteiger partial charge in [-0.1, -0.05) is 18.6 Å². The summed E-state index contributed by atoms with van der Waals surface area (Å²) in [5.74, 6) is 0.350. The number of aromatic amines is 1.